The van der Waals surface area contributed by atoms with E-state index in [4.69, 9.17) is 14.5 Å². The zero-order chi connectivity index (χ0) is 17.2. The average molecular weight is 332 g/mol. The molecule has 2 heterocycles. The van der Waals surface area contributed by atoms with E-state index in [1.54, 1.807) is 0 Å². The van der Waals surface area contributed by atoms with Crippen molar-refractivity contribution in [2.75, 3.05) is 0 Å². The van der Waals surface area contributed by atoms with Crippen LogP contribution in [-0.4, -0.2) is 11.6 Å². The normalized spacial score (nSPS) is 47.8. The molecule has 0 saturated carbocycles. The predicted molar refractivity (Wildman–Crippen MR) is 93.9 cm³/mol. The van der Waals surface area contributed by atoms with Gasteiger partial charge in [0.2, 0.25) is 11.6 Å². The van der Waals surface area contributed by atoms with Crippen LogP contribution < -0.4 is 0 Å². The largest absolute Gasteiger partial charge is 0.304 e. The number of hydrogen-bond donors (Lipinski definition) is 0. The molecule has 0 amide bonds. The molecule has 0 aromatic rings. The molecule has 3 nitrogen and oxygen atoms in total. The topological polar surface area (TPSA) is 27.7 Å². The molecule has 2 bridgehead atoms. The molecule has 4 atom stereocenters. The maximum Gasteiger partial charge on any atom is 0.228 e. The first kappa shape index (κ1) is 14.3. The van der Waals surface area contributed by atoms with E-state index in [0.717, 1.165) is 11.1 Å². The molecule has 0 unspecified atom stereocenters. The van der Waals surface area contributed by atoms with Crippen molar-refractivity contribution in [3.63, 3.8) is 0 Å². The predicted octanol–water partition coefficient (Wildman–Crippen LogP) is 4.59. The molecule has 2 aliphatic heterocycles. The fourth-order valence-corrected chi connectivity index (χ4v) is 5.84. The minimum Gasteiger partial charge on any atom is -0.304 e. The lowest BCUT2D eigenvalue weighted by Gasteiger charge is -2.59. The second-order valence-corrected chi connectivity index (χ2v) is 8.28. The van der Waals surface area contributed by atoms with Gasteiger partial charge in [0.15, 0.2) is 0 Å². The first-order valence-corrected chi connectivity index (χ1v) is 8.88. The molecule has 0 aromatic heterocycles. The van der Waals surface area contributed by atoms with Crippen molar-refractivity contribution >= 4 is 0 Å². The first-order valence-electron chi connectivity index (χ1n) is 8.88. The van der Waals surface area contributed by atoms with Gasteiger partial charge in [-0.25, -0.2) is 0 Å². The van der Waals surface area contributed by atoms with Gasteiger partial charge < -0.3 is 4.74 Å². The van der Waals surface area contributed by atoms with Gasteiger partial charge in [-0.2, -0.15) is 9.78 Å². The Morgan fingerprint density at radius 3 is 1.52 bits per heavy atom. The van der Waals surface area contributed by atoms with Crippen molar-refractivity contribution in [2.24, 2.45) is 10.8 Å². The third-order valence-corrected chi connectivity index (χ3v) is 7.20. The number of hydrogen-bond acceptors (Lipinski definition) is 3. The lowest BCUT2D eigenvalue weighted by atomic mass is 9.44. The van der Waals surface area contributed by atoms with Crippen LogP contribution in [0.1, 0.15) is 27.7 Å². The van der Waals surface area contributed by atoms with Crippen LogP contribution in [-0.2, 0) is 14.5 Å². The summed E-state index contributed by atoms with van der Waals surface area (Å²) >= 11 is 0. The van der Waals surface area contributed by atoms with E-state index >= 15 is 0 Å². The van der Waals surface area contributed by atoms with Crippen molar-refractivity contribution in [1.29, 1.82) is 0 Å². The second kappa shape index (κ2) is 3.75. The molecular formula is C22H20O3. The van der Waals surface area contributed by atoms with Gasteiger partial charge in [0.05, 0.1) is 0 Å². The minimum absolute atomic E-state index is 0.155. The highest BCUT2D eigenvalue weighted by molar-refractivity contribution is 5.74. The summed E-state index contributed by atoms with van der Waals surface area (Å²) in [5, 5.41) is 0. The standard InChI is InChI=1S/C22H20O3/c1-19-13-7-5-9-15(19)17-18(22(4)23-21(17,3)24-25-22)16-10-6-8-14(12-11-13)20(16,19)2/h5-12H,1-4H3/t19-,20-,21-,22+/m1/s1. The van der Waals surface area contributed by atoms with E-state index in [-0.39, 0.29) is 10.8 Å². The van der Waals surface area contributed by atoms with Crippen molar-refractivity contribution in [3.8, 4) is 0 Å². The van der Waals surface area contributed by atoms with Gasteiger partial charge in [-0.3, -0.25) is 0 Å². The Morgan fingerprint density at radius 2 is 1.08 bits per heavy atom. The average Bonchev–Trinajstić information content (AvgIpc) is 3.00. The van der Waals surface area contributed by atoms with Gasteiger partial charge in [0, 0.05) is 22.0 Å². The maximum absolute atomic E-state index is 6.29. The molecule has 25 heavy (non-hydrogen) atoms. The lowest BCUT2D eigenvalue weighted by molar-refractivity contribution is -0.338. The summed E-state index contributed by atoms with van der Waals surface area (Å²) < 4.78 is 6.29. The smallest absolute Gasteiger partial charge is 0.228 e. The third-order valence-electron chi connectivity index (χ3n) is 7.20. The molecule has 0 spiro atoms. The second-order valence-electron chi connectivity index (χ2n) is 8.28. The van der Waals surface area contributed by atoms with E-state index in [2.05, 4.69) is 62.5 Å². The van der Waals surface area contributed by atoms with Crippen molar-refractivity contribution in [2.45, 2.75) is 39.3 Å². The van der Waals surface area contributed by atoms with Gasteiger partial charge in [-0.15, -0.1) is 0 Å². The molecule has 4 aliphatic carbocycles. The van der Waals surface area contributed by atoms with Crippen molar-refractivity contribution in [1.82, 2.24) is 0 Å². The fourth-order valence-electron chi connectivity index (χ4n) is 5.84. The van der Waals surface area contributed by atoms with E-state index in [1.807, 2.05) is 13.8 Å². The van der Waals surface area contributed by atoms with E-state index in [9.17, 15) is 0 Å². The summed E-state index contributed by atoms with van der Waals surface area (Å²) in [6.45, 7) is 8.65. The Kier molecular flexibility index (Phi) is 2.14. The molecule has 0 aromatic carbocycles. The van der Waals surface area contributed by atoms with Crippen molar-refractivity contribution < 1.29 is 14.5 Å². The zero-order valence-corrected chi connectivity index (χ0v) is 14.8. The first-order chi connectivity index (χ1) is 11.8. The number of fused-ring (bicyclic) bond motifs is 6. The quantitative estimate of drug-likeness (QED) is 0.607. The molecular weight excluding hydrogens is 312 g/mol. The van der Waals surface area contributed by atoms with Crippen LogP contribution >= 0.6 is 0 Å². The van der Waals surface area contributed by atoms with Crippen LogP contribution in [0.15, 0.2) is 82.0 Å². The van der Waals surface area contributed by atoms with Crippen LogP contribution in [0.5, 0.6) is 0 Å². The Labute approximate surface area is 147 Å². The highest BCUT2D eigenvalue weighted by atomic mass is 17.3. The molecule has 3 heteroatoms. The van der Waals surface area contributed by atoms with Crippen LogP contribution in [0.4, 0.5) is 0 Å². The van der Waals surface area contributed by atoms with Gasteiger partial charge in [0.1, 0.15) is 0 Å². The molecule has 126 valence electrons. The van der Waals surface area contributed by atoms with Crippen molar-refractivity contribution in [3.05, 3.63) is 82.0 Å². The fraction of sp³-hybridized carbons (Fsp3) is 0.364. The van der Waals surface area contributed by atoms with Gasteiger partial charge >= 0.3 is 0 Å². The summed E-state index contributed by atoms with van der Waals surface area (Å²) in [5.74, 6) is -1.72. The highest BCUT2D eigenvalue weighted by Crippen LogP contribution is 2.73. The molecule has 0 N–H and O–H groups in total. The van der Waals surface area contributed by atoms with Gasteiger partial charge in [0.25, 0.3) is 0 Å². The summed E-state index contributed by atoms with van der Waals surface area (Å²) in [6, 6.07) is 0. The Morgan fingerprint density at radius 1 is 0.640 bits per heavy atom. The van der Waals surface area contributed by atoms with E-state index in [1.165, 1.54) is 22.3 Å². The molecule has 0 radical (unpaired) electrons. The lowest BCUT2D eigenvalue weighted by Crippen LogP contribution is -2.52. The molecule has 1 saturated heterocycles. The monoisotopic (exact) mass is 332 g/mol. The summed E-state index contributed by atoms with van der Waals surface area (Å²) in [7, 11) is 0. The molecule has 6 rings (SSSR count). The van der Waals surface area contributed by atoms with E-state index < -0.39 is 11.6 Å². The van der Waals surface area contributed by atoms with E-state index in [0.29, 0.717) is 0 Å². The van der Waals surface area contributed by atoms with Crippen LogP contribution in [0.25, 0.3) is 0 Å². The van der Waals surface area contributed by atoms with Gasteiger partial charge in [-0.1, -0.05) is 62.5 Å². The van der Waals surface area contributed by atoms with Crippen LogP contribution in [0.3, 0.4) is 0 Å². The summed E-state index contributed by atoms with van der Waals surface area (Å²) in [4.78, 5) is 11.3. The van der Waals surface area contributed by atoms with Gasteiger partial charge in [-0.05, 0) is 36.1 Å². The van der Waals surface area contributed by atoms with Crippen LogP contribution in [0, 0.1) is 10.8 Å². The Bertz CT molecular complexity index is 907. The number of allylic oxidation sites excluding steroid dienone is 10. The minimum atomic E-state index is -0.861. The van der Waals surface area contributed by atoms with Crippen LogP contribution in [0.2, 0.25) is 0 Å². The molecule has 1 fully saturated rings. The SMILES string of the molecule is C[C@]12OO[C@](C)(O1)C1=C2C2=CC=CC3=CC=C4C=CC=C1[C@]4(C)[C@]32C. The summed E-state index contributed by atoms with van der Waals surface area (Å²) in [6.07, 6.45) is 17.7. The number of rotatable bonds is 0. The zero-order valence-electron chi connectivity index (χ0n) is 14.8. The summed E-state index contributed by atoms with van der Waals surface area (Å²) in [5.41, 5.74) is 7.20. The maximum atomic E-state index is 6.29. The Hall–Kier alpha value is -1.94. The number of ether oxygens (including phenoxy) is 1. The Balaban J connectivity index is 1.81. The third kappa shape index (κ3) is 1.23. The highest BCUT2D eigenvalue weighted by Gasteiger charge is 2.70. The molecule has 6 aliphatic rings.